The van der Waals surface area contributed by atoms with Crippen LogP contribution in [-0.2, 0) is 0 Å². The molecule has 2 aromatic heterocycles. The van der Waals surface area contributed by atoms with Crippen molar-refractivity contribution < 1.29 is 15.0 Å². The third-order valence-electron chi connectivity index (χ3n) is 4.08. The van der Waals surface area contributed by atoms with Gasteiger partial charge in [0.25, 0.3) is 5.91 Å². The molecule has 23 heavy (non-hydrogen) atoms. The van der Waals surface area contributed by atoms with Gasteiger partial charge in [-0.05, 0) is 37.4 Å². The molecule has 0 fully saturated rings. The van der Waals surface area contributed by atoms with Crippen LogP contribution in [0.2, 0.25) is 0 Å². The standard InChI is InChI=1S/C17H24N2O3S/c1-12-5-6-13(2)19(12)14-7-8-23-15(14)16(22)18(4)9-17(3,10-20)11-21/h5-8,20-21H,9-11H2,1-4H3. The van der Waals surface area contributed by atoms with Crippen molar-refractivity contribution in [3.8, 4) is 5.69 Å². The van der Waals surface area contributed by atoms with Gasteiger partial charge in [-0.2, -0.15) is 0 Å². The van der Waals surface area contributed by atoms with Gasteiger partial charge in [-0.3, -0.25) is 4.79 Å². The molecule has 5 nitrogen and oxygen atoms in total. The van der Waals surface area contributed by atoms with Gasteiger partial charge in [-0.15, -0.1) is 11.3 Å². The number of aliphatic hydroxyl groups excluding tert-OH is 2. The van der Waals surface area contributed by atoms with Crippen LogP contribution in [0.15, 0.2) is 23.6 Å². The molecule has 2 heterocycles. The molecule has 0 bridgehead atoms. The van der Waals surface area contributed by atoms with E-state index in [-0.39, 0.29) is 19.1 Å². The monoisotopic (exact) mass is 336 g/mol. The van der Waals surface area contributed by atoms with Crippen molar-refractivity contribution in [2.45, 2.75) is 20.8 Å². The van der Waals surface area contributed by atoms with E-state index in [9.17, 15) is 15.0 Å². The molecule has 2 aromatic rings. The Morgan fingerprint density at radius 2 is 1.78 bits per heavy atom. The summed E-state index contributed by atoms with van der Waals surface area (Å²) >= 11 is 1.41. The van der Waals surface area contributed by atoms with Gasteiger partial charge in [-0.25, -0.2) is 0 Å². The zero-order chi connectivity index (χ0) is 17.2. The average Bonchev–Trinajstić information content (AvgIpc) is 3.12. The second-order valence-electron chi connectivity index (χ2n) is 6.37. The molecule has 6 heteroatoms. The molecule has 0 atom stereocenters. The van der Waals surface area contributed by atoms with Crippen LogP contribution in [0.3, 0.4) is 0 Å². The van der Waals surface area contributed by atoms with Crippen LogP contribution in [-0.4, -0.2) is 52.4 Å². The molecule has 126 valence electrons. The van der Waals surface area contributed by atoms with Gasteiger partial charge in [0.1, 0.15) is 4.88 Å². The second-order valence-corrected chi connectivity index (χ2v) is 7.29. The fourth-order valence-corrected chi connectivity index (χ4v) is 3.52. The highest BCUT2D eigenvalue weighted by atomic mass is 32.1. The van der Waals surface area contributed by atoms with E-state index in [1.54, 1.807) is 18.9 Å². The maximum Gasteiger partial charge on any atom is 0.265 e. The van der Waals surface area contributed by atoms with Gasteiger partial charge in [0.05, 0.1) is 18.9 Å². The first-order chi connectivity index (χ1) is 10.8. The average molecular weight is 336 g/mol. The van der Waals surface area contributed by atoms with Crippen molar-refractivity contribution in [3.63, 3.8) is 0 Å². The Hall–Kier alpha value is -1.63. The number of hydrogen-bond acceptors (Lipinski definition) is 4. The van der Waals surface area contributed by atoms with Crippen molar-refractivity contribution in [1.29, 1.82) is 0 Å². The summed E-state index contributed by atoms with van der Waals surface area (Å²) in [4.78, 5) is 15.0. The number of hydrogen-bond donors (Lipinski definition) is 2. The van der Waals surface area contributed by atoms with E-state index in [1.807, 2.05) is 37.4 Å². The largest absolute Gasteiger partial charge is 0.396 e. The molecule has 0 aromatic carbocycles. The van der Waals surface area contributed by atoms with Gasteiger partial charge < -0.3 is 19.7 Å². The Balaban J connectivity index is 2.30. The number of aromatic nitrogens is 1. The molecule has 1 amide bonds. The quantitative estimate of drug-likeness (QED) is 0.850. The first-order valence-electron chi connectivity index (χ1n) is 7.53. The molecule has 0 aliphatic heterocycles. The summed E-state index contributed by atoms with van der Waals surface area (Å²) in [7, 11) is 1.70. The molecule has 0 aliphatic carbocycles. The van der Waals surface area contributed by atoms with Crippen LogP contribution in [0, 0.1) is 19.3 Å². The Labute approximate surface area is 140 Å². The molecule has 0 saturated heterocycles. The minimum atomic E-state index is -0.707. The van der Waals surface area contributed by atoms with Crippen molar-refractivity contribution in [1.82, 2.24) is 9.47 Å². The number of aryl methyl sites for hydroxylation is 2. The highest BCUT2D eigenvalue weighted by Gasteiger charge is 2.28. The third-order valence-corrected chi connectivity index (χ3v) is 4.97. The SMILES string of the molecule is Cc1ccc(C)n1-c1ccsc1C(=O)N(C)CC(C)(CO)CO. The molecule has 0 radical (unpaired) electrons. The van der Waals surface area contributed by atoms with Gasteiger partial charge in [0.2, 0.25) is 0 Å². The van der Waals surface area contributed by atoms with E-state index < -0.39 is 5.41 Å². The first-order valence-corrected chi connectivity index (χ1v) is 8.41. The zero-order valence-electron chi connectivity index (χ0n) is 14.0. The van der Waals surface area contributed by atoms with Crippen LogP contribution >= 0.6 is 11.3 Å². The van der Waals surface area contributed by atoms with E-state index in [0.717, 1.165) is 17.1 Å². The summed E-state index contributed by atoms with van der Waals surface area (Å²) in [6, 6.07) is 6.00. The summed E-state index contributed by atoms with van der Waals surface area (Å²) in [5.41, 5.74) is 2.32. The summed E-state index contributed by atoms with van der Waals surface area (Å²) in [6.07, 6.45) is 0. The van der Waals surface area contributed by atoms with Crippen molar-refractivity contribution >= 4 is 17.2 Å². The lowest BCUT2D eigenvalue weighted by Crippen LogP contribution is -2.41. The first kappa shape index (κ1) is 17.7. The molecular formula is C17H24N2O3S. The molecule has 0 aliphatic rings. The predicted octanol–water partition coefficient (Wildman–Crippen LogP) is 2.22. The summed E-state index contributed by atoms with van der Waals surface area (Å²) < 4.78 is 2.06. The topological polar surface area (TPSA) is 65.7 Å². The second kappa shape index (κ2) is 6.86. The molecule has 0 saturated carbocycles. The lowest BCUT2D eigenvalue weighted by molar-refractivity contribution is 0.0368. The van der Waals surface area contributed by atoms with Crippen molar-refractivity contribution in [2.75, 3.05) is 26.8 Å². The predicted molar refractivity (Wildman–Crippen MR) is 92.4 cm³/mol. The van der Waals surface area contributed by atoms with Crippen LogP contribution < -0.4 is 0 Å². The molecular weight excluding hydrogens is 312 g/mol. The lowest BCUT2D eigenvalue weighted by Gasteiger charge is -2.30. The van der Waals surface area contributed by atoms with Crippen molar-refractivity contribution in [3.05, 3.63) is 39.8 Å². The highest BCUT2D eigenvalue weighted by molar-refractivity contribution is 7.12. The fourth-order valence-electron chi connectivity index (χ4n) is 2.65. The Bertz CT molecular complexity index is 666. The normalized spacial score (nSPS) is 11.7. The van der Waals surface area contributed by atoms with E-state index in [2.05, 4.69) is 4.57 Å². The molecule has 2 rings (SSSR count). The van der Waals surface area contributed by atoms with Crippen molar-refractivity contribution in [2.24, 2.45) is 5.41 Å². The van der Waals surface area contributed by atoms with Crippen LogP contribution in [0.1, 0.15) is 28.0 Å². The van der Waals surface area contributed by atoms with Gasteiger partial charge in [0.15, 0.2) is 0 Å². The van der Waals surface area contributed by atoms with Gasteiger partial charge >= 0.3 is 0 Å². The minimum Gasteiger partial charge on any atom is -0.396 e. The zero-order valence-corrected chi connectivity index (χ0v) is 14.9. The Morgan fingerprint density at radius 3 is 2.30 bits per heavy atom. The van der Waals surface area contributed by atoms with Crippen LogP contribution in [0.25, 0.3) is 5.69 Å². The number of amides is 1. The number of rotatable bonds is 6. The number of aliphatic hydroxyl groups is 2. The summed E-state index contributed by atoms with van der Waals surface area (Å²) in [5.74, 6) is -0.101. The maximum absolute atomic E-state index is 12.8. The van der Waals surface area contributed by atoms with Crippen LogP contribution in [0.4, 0.5) is 0 Å². The van der Waals surface area contributed by atoms with Gasteiger partial charge in [-0.1, -0.05) is 6.92 Å². The van der Waals surface area contributed by atoms with E-state index in [1.165, 1.54) is 11.3 Å². The van der Waals surface area contributed by atoms with E-state index in [0.29, 0.717) is 11.4 Å². The molecule has 0 unspecified atom stereocenters. The fraction of sp³-hybridized carbons (Fsp3) is 0.471. The number of nitrogens with zero attached hydrogens (tertiary/aromatic N) is 2. The van der Waals surface area contributed by atoms with E-state index >= 15 is 0 Å². The lowest BCUT2D eigenvalue weighted by atomic mass is 9.92. The van der Waals surface area contributed by atoms with Gasteiger partial charge in [0, 0.05) is 30.4 Å². The van der Waals surface area contributed by atoms with E-state index in [4.69, 9.17) is 0 Å². The highest BCUT2D eigenvalue weighted by Crippen LogP contribution is 2.27. The third kappa shape index (κ3) is 3.49. The van der Waals surface area contributed by atoms with Crippen LogP contribution in [0.5, 0.6) is 0 Å². The Kier molecular flexibility index (Phi) is 5.29. The summed E-state index contributed by atoms with van der Waals surface area (Å²) in [5, 5.41) is 20.8. The molecule has 0 spiro atoms. The number of carbonyl (C=O) groups is 1. The maximum atomic E-state index is 12.8. The number of thiophene rings is 1. The minimum absolute atomic E-state index is 0.101. The summed E-state index contributed by atoms with van der Waals surface area (Å²) in [6.45, 7) is 5.73. The Morgan fingerprint density at radius 1 is 1.22 bits per heavy atom. The molecule has 2 N–H and O–H groups in total. The number of carbonyl (C=O) groups excluding carboxylic acids is 1. The smallest absolute Gasteiger partial charge is 0.265 e.